The van der Waals surface area contributed by atoms with Gasteiger partial charge in [0.2, 0.25) is 0 Å². The van der Waals surface area contributed by atoms with E-state index in [4.69, 9.17) is 5.11 Å². The van der Waals surface area contributed by atoms with Crippen molar-refractivity contribution in [3.8, 4) is 0 Å². The second-order valence-electron chi connectivity index (χ2n) is 2.49. The molecule has 1 rings (SSSR count). The number of hydrogen-bond donors (Lipinski definition) is 1. The Kier molecular flexibility index (Phi) is 1.69. The minimum Gasteiger partial charge on any atom is -0.393 e. The summed E-state index contributed by atoms with van der Waals surface area (Å²) in [6, 6.07) is 0. The van der Waals surface area contributed by atoms with Crippen molar-refractivity contribution in [3.63, 3.8) is 0 Å². The van der Waals surface area contributed by atoms with Crippen LogP contribution in [-0.2, 0) is 0 Å². The second kappa shape index (κ2) is 2.31. The summed E-state index contributed by atoms with van der Waals surface area (Å²) >= 11 is 0. The highest BCUT2D eigenvalue weighted by molar-refractivity contribution is 4.92. The third kappa shape index (κ3) is 1.10. The zero-order chi connectivity index (χ0) is 5.98. The summed E-state index contributed by atoms with van der Waals surface area (Å²) in [5.41, 5.74) is 0. The smallest absolute Gasteiger partial charge is 0.0603 e. The Labute approximate surface area is 50.0 Å². The zero-order valence-corrected chi connectivity index (χ0v) is 5.17. The largest absolute Gasteiger partial charge is 0.393 e. The molecule has 0 fully saturated rings. The predicted octanol–water partition coefficient (Wildman–Crippen LogP) is 1.33. The summed E-state index contributed by atoms with van der Waals surface area (Å²) in [4.78, 5) is 0. The van der Waals surface area contributed by atoms with Gasteiger partial charge in [0.25, 0.3) is 0 Å². The van der Waals surface area contributed by atoms with Crippen LogP contribution in [0.1, 0.15) is 19.8 Å². The Morgan fingerprint density at radius 2 is 2.00 bits per heavy atom. The summed E-state index contributed by atoms with van der Waals surface area (Å²) < 4.78 is 0. The molecule has 8 heavy (non-hydrogen) atoms. The summed E-state index contributed by atoms with van der Waals surface area (Å²) in [7, 11) is 0. The van der Waals surface area contributed by atoms with Crippen LogP contribution in [0, 0.1) is 5.92 Å². The van der Waals surface area contributed by atoms with Crippen LogP contribution in [0.25, 0.3) is 0 Å². The van der Waals surface area contributed by atoms with E-state index in [1.54, 1.807) is 0 Å². The van der Waals surface area contributed by atoms with Crippen molar-refractivity contribution in [2.75, 3.05) is 0 Å². The fraction of sp³-hybridized carbons (Fsp3) is 0.714. The molecule has 0 aromatic carbocycles. The maximum atomic E-state index is 9.13. The molecule has 1 nitrogen and oxygen atoms in total. The van der Waals surface area contributed by atoms with Gasteiger partial charge in [-0.3, -0.25) is 0 Å². The Morgan fingerprint density at radius 3 is 2.38 bits per heavy atom. The molecule has 0 aromatic heterocycles. The maximum absolute atomic E-state index is 9.13. The van der Waals surface area contributed by atoms with E-state index >= 15 is 0 Å². The van der Waals surface area contributed by atoms with Crippen LogP contribution in [0.15, 0.2) is 12.2 Å². The van der Waals surface area contributed by atoms with Crippen LogP contribution in [0.3, 0.4) is 0 Å². The van der Waals surface area contributed by atoms with E-state index in [1.165, 1.54) is 0 Å². The molecular formula is C7H12O. The van der Waals surface area contributed by atoms with E-state index in [-0.39, 0.29) is 6.10 Å². The van der Waals surface area contributed by atoms with Gasteiger partial charge in [-0.25, -0.2) is 0 Å². The molecule has 0 saturated heterocycles. The van der Waals surface area contributed by atoms with Gasteiger partial charge in [0.05, 0.1) is 6.10 Å². The molecule has 0 spiro atoms. The molecule has 0 unspecified atom stereocenters. The molecule has 0 amide bonds. The van der Waals surface area contributed by atoms with Crippen LogP contribution in [0.4, 0.5) is 0 Å². The minimum absolute atomic E-state index is 0.0833. The molecule has 1 aliphatic rings. The third-order valence-corrected chi connectivity index (χ3v) is 1.71. The highest BCUT2D eigenvalue weighted by atomic mass is 16.3. The summed E-state index contributed by atoms with van der Waals surface area (Å²) in [6.45, 7) is 2.08. The van der Waals surface area contributed by atoms with Gasteiger partial charge in [0.15, 0.2) is 0 Å². The standard InChI is InChI=1S/C7H12O/c1-6-4-2-3-5-7(6)8/h2-3,6-8H,4-5H2,1H3/t6-,7-/m1/s1. The van der Waals surface area contributed by atoms with Gasteiger partial charge in [-0.1, -0.05) is 19.1 Å². The highest BCUT2D eigenvalue weighted by Crippen LogP contribution is 2.17. The van der Waals surface area contributed by atoms with Gasteiger partial charge in [-0.05, 0) is 18.8 Å². The molecule has 0 radical (unpaired) electrons. The summed E-state index contributed by atoms with van der Waals surface area (Å²) in [6.07, 6.45) is 5.99. The second-order valence-corrected chi connectivity index (χ2v) is 2.49. The molecule has 0 aromatic rings. The number of rotatable bonds is 0. The van der Waals surface area contributed by atoms with Gasteiger partial charge in [-0.15, -0.1) is 0 Å². The summed E-state index contributed by atoms with van der Waals surface area (Å²) in [5.74, 6) is 0.472. The summed E-state index contributed by atoms with van der Waals surface area (Å²) in [5, 5.41) is 9.13. The first-order valence-corrected chi connectivity index (χ1v) is 3.14. The first-order valence-electron chi connectivity index (χ1n) is 3.14. The number of allylic oxidation sites excluding steroid dienone is 1. The Hall–Kier alpha value is -0.300. The van der Waals surface area contributed by atoms with E-state index in [2.05, 4.69) is 13.0 Å². The molecule has 0 saturated carbocycles. The van der Waals surface area contributed by atoms with Crippen molar-refractivity contribution in [2.24, 2.45) is 5.92 Å². The van der Waals surface area contributed by atoms with Gasteiger partial charge in [0.1, 0.15) is 0 Å². The topological polar surface area (TPSA) is 20.2 Å². The zero-order valence-electron chi connectivity index (χ0n) is 5.17. The van der Waals surface area contributed by atoms with Crippen LogP contribution in [0.5, 0.6) is 0 Å². The Bertz CT molecular complexity index is 84.6. The lowest BCUT2D eigenvalue weighted by Gasteiger charge is -2.18. The van der Waals surface area contributed by atoms with Crippen molar-refractivity contribution in [1.82, 2.24) is 0 Å². The fourth-order valence-electron chi connectivity index (χ4n) is 0.936. The number of aliphatic hydroxyl groups is 1. The lowest BCUT2D eigenvalue weighted by molar-refractivity contribution is 0.115. The average molecular weight is 112 g/mol. The van der Waals surface area contributed by atoms with Crippen LogP contribution in [-0.4, -0.2) is 11.2 Å². The van der Waals surface area contributed by atoms with E-state index in [0.29, 0.717) is 5.92 Å². The van der Waals surface area contributed by atoms with Gasteiger partial charge in [-0.2, -0.15) is 0 Å². The Balaban J connectivity index is 2.44. The first kappa shape index (κ1) is 5.83. The maximum Gasteiger partial charge on any atom is 0.0603 e. The van der Waals surface area contributed by atoms with Gasteiger partial charge >= 0.3 is 0 Å². The minimum atomic E-state index is -0.0833. The van der Waals surface area contributed by atoms with Crippen molar-refractivity contribution < 1.29 is 5.11 Å². The molecular weight excluding hydrogens is 100 g/mol. The number of aliphatic hydroxyl groups excluding tert-OH is 1. The van der Waals surface area contributed by atoms with E-state index in [1.807, 2.05) is 6.08 Å². The Morgan fingerprint density at radius 1 is 1.38 bits per heavy atom. The predicted molar refractivity (Wildman–Crippen MR) is 33.5 cm³/mol. The molecule has 1 heteroatoms. The number of hydrogen-bond acceptors (Lipinski definition) is 1. The molecule has 0 heterocycles. The van der Waals surface area contributed by atoms with E-state index < -0.39 is 0 Å². The molecule has 1 N–H and O–H groups in total. The molecule has 46 valence electrons. The van der Waals surface area contributed by atoms with Crippen molar-refractivity contribution >= 4 is 0 Å². The van der Waals surface area contributed by atoms with E-state index in [9.17, 15) is 0 Å². The third-order valence-electron chi connectivity index (χ3n) is 1.71. The normalized spacial score (nSPS) is 37.8. The van der Waals surface area contributed by atoms with Crippen LogP contribution in [0.2, 0.25) is 0 Å². The quantitative estimate of drug-likeness (QED) is 0.469. The average Bonchev–Trinajstić information content (AvgIpc) is 1.77. The van der Waals surface area contributed by atoms with Gasteiger partial charge in [0, 0.05) is 0 Å². The lowest BCUT2D eigenvalue weighted by atomic mass is 9.94. The molecule has 1 aliphatic carbocycles. The van der Waals surface area contributed by atoms with Crippen LogP contribution >= 0.6 is 0 Å². The molecule has 0 bridgehead atoms. The lowest BCUT2D eigenvalue weighted by Crippen LogP contribution is -2.18. The van der Waals surface area contributed by atoms with Crippen molar-refractivity contribution in [3.05, 3.63) is 12.2 Å². The highest BCUT2D eigenvalue weighted by Gasteiger charge is 2.13. The fourth-order valence-corrected chi connectivity index (χ4v) is 0.936. The molecule has 0 aliphatic heterocycles. The van der Waals surface area contributed by atoms with Crippen molar-refractivity contribution in [1.29, 1.82) is 0 Å². The SMILES string of the molecule is C[C@@H]1CC=CC[C@H]1O. The van der Waals surface area contributed by atoms with Crippen molar-refractivity contribution in [2.45, 2.75) is 25.9 Å². The monoisotopic (exact) mass is 112 g/mol. The van der Waals surface area contributed by atoms with Gasteiger partial charge < -0.3 is 5.11 Å². The van der Waals surface area contributed by atoms with E-state index in [0.717, 1.165) is 12.8 Å². The first-order chi connectivity index (χ1) is 3.80. The van der Waals surface area contributed by atoms with Crippen LogP contribution < -0.4 is 0 Å². The molecule has 2 atom stereocenters.